The van der Waals surface area contributed by atoms with E-state index in [2.05, 4.69) is 10.6 Å². The van der Waals surface area contributed by atoms with E-state index in [0.717, 1.165) is 5.56 Å². The van der Waals surface area contributed by atoms with Crippen LogP contribution in [0.1, 0.15) is 5.56 Å². The summed E-state index contributed by atoms with van der Waals surface area (Å²) in [5, 5.41) is 5.52. The fraction of sp³-hybridized carbons (Fsp3) is 0.462. The molecule has 0 unspecified atom stereocenters. The number of carbonyl (C=O) groups is 1. The largest absolute Gasteiger partial charge is 0.445 e. The predicted molar refractivity (Wildman–Crippen MR) is 65.9 cm³/mol. The van der Waals surface area contributed by atoms with Crippen molar-refractivity contribution < 1.29 is 13.9 Å². The molecule has 18 heavy (non-hydrogen) atoms. The van der Waals surface area contributed by atoms with Gasteiger partial charge < -0.3 is 15.4 Å². The fourth-order valence-electron chi connectivity index (χ4n) is 1.89. The van der Waals surface area contributed by atoms with Crippen molar-refractivity contribution in [2.24, 2.45) is 5.92 Å². The minimum Gasteiger partial charge on any atom is -0.445 e. The van der Waals surface area contributed by atoms with Gasteiger partial charge in [-0.1, -0.05) is 30.3 Å². The third kappa shape index (κ3) is 3.70. The Balaban J connectivity index is 1.66. The number of nitrogens with one attached hydrogen (secondary N) is 2. The van der Waals surface area contributed by atoms with Crippen LogP contribution in [0.5, 0.6) is 0 Å². The van der Waals surface area contributed by atoms with E-state index in [0.29, 0.717) is 19.6 Å². The van der Waals surface area contributed by atoms with E-state index >= 15 is 0 Å². The summed E-state index contributed by atoms with van der Waals surface area (Å²) < 4.78 is 18.3. The maximum atomic E-state index is 13.2. The molecular weight excluding hydrogens is 235 g/mol. The number of ether oxygens (including phenoxy) is 1. The SMILES string of the molecule is O=C(NC[C@@H]1CNC[C@H]1F)OCc1ccccc1. The van der Waals surface area contributed by atoms with Gasteiger partial charge in [0.05, 0.1) is 0 Å². The van der Waals surface area contributed by atoms with Crippen molar-refractivity contribution in [2.45, 2.75) is 12.8 Å². The van der Waals surface area contributed by atoms with Crippen LogP contribution < -0.4 is 10.6 Å². The minimum atomic E-state index is -0.889. The van der Waals surface area contributed by atoms with E-state index in [4.69, 9.17) is 4.74 Å². The van der Waals surface area contributed by atoms with Crippen molar-refractivity contribution in [3.63, 3.8) is 0 Å². The van der Waals surface area contributed by atoms with Crippen LogP contribution in [0.15, 0.2) is 30.3 Å². The van der Waals surface area contributed by atoms with Crippen molar-refractivity contribution >= 4 is 6.09 Å². The topological polar surface area (TPSA) is 50.4 Å². The van der Waals surface area contributed by atoms with E-state index in [9.17, 15) is 9.18 Å². The number of halogens is 1. The van der Waals surface area contributed by atoms with Crippen molar-refractivity contribution in [3.8, 4) is 0 Å². The summed E-state index contributed by atoms with van der Waals surface area (Å²) in [6.07, 6.45) is -1.39. The Kier molecular flexibility index (Phi) is 4.52. The fourth-order valence-corrected chi connectivity index (χ4v) is 1.89. The van der Waals surface area contributed by atoms with Crippen LogP contribution >= 0.6 is 0 Å². The second-order valence-electron chi connectivity index (χ2n) is 4.38. The Morgan fingerprint density at radius 2 is 2.17 bits per heavy atom. The molecule has 1 aliphatic rings. The first-order valence-electron chi connectivity index (χ1n) is 6.05. The number of hydrogen-bond acceptors (Lipinski definition) is 3. The van der Waals surface area contributed by atoms with Crippen molar-refractivity contribution in [2.75, 3.05) is 19.6 Å². The highest BCUT2D eigenvalue weighted by Crippen LogP contribution is 2.11. The summed E-state index contributed by atoms with van der Waals surface area (Å²) in [4.78, 5) is 11.4. The zero-order valence-electron chi connectivity index (χ0n) is 10.1. The second kappa shape index (κ2) is 6.35. The Bertz CT molecular complexity index is 386. The van der Waals surface area contributed by atoms with Gasteiger partial charge in [0.2, 0.25) is 0 Å². The zero-order valence-corrected chi connectivity index (χ0v) is 10.1. The second-order valence-corrected chi connectivity index (χ2v) is 4.38. The van der Waals surface area contributed by atoms with Gasteiger partial charge in [0.15, 0.2) is 0 Å². The highest BCUT2D eigenvalue weighted by Gasteiger charge is 2.26. The van der Waals surface area contributed by atoms with E-state index < -0.39 is 12.3 Å². The van der Waals surface area contributed by atoms with Gasteiger partial charge >= 0.3 is 6.09 Å². The molecule has 1 aliphatic heterocycles. The Labute approximate surface area is 106 Å². The first kappa shape index (κ1) is 12.8. The van der Waals surface area contributed by atoms with Gasteiger partial charge in [-0.2, -0.15) is 0 Å². The minimum absolute atomic E-state index is 0.158. The van der Waals surface area contributed by atoms with Crippen molar-refractivity contribution in [1.29, 1.82) is 0 Å². The highest BCUT2D eigenvalue weighted by molar-refractivity contribution is 5.67. The molecule has 1 aromatic rings. The van der Waals surface area contributed by atoms with Crippen molar-refractivity contribution in [1.82, 2.24) is 10.6 Å². The molecular formula is C13H17FN2O2. The Morgan fingerprint density at radius 3 is 2.83 bits per heavy atom. The van der Waals surface area contributed by atoms with Crippen LogP contribution in [0.2, 0.25) is 0 Å². The van der Waals surface area contributed by atoms with Gasteiger partial charge in [-0.05, 0) is 5.56 Å². The number of amides is 1. The standard InChI is InChI=1S/C13H17FN2O2/c14-12-8-15-6-11(12)7-16-13(17)18-9-10-4-2-1-3-5-10/h1-5,11-12,15H,6-9H2,(H,16,17)/t11-,12+/m0/s1. The van der Waals surface area contributed by atoms with Crippen LogP contribution in [0.3, 0.4) is 0 Å². The molecule has 0 aliphatic carbocycles. The van der Waals surface area contributed by atoms with Gasteiger partial charge in [0.1, 0.15) is 12.8 Å². The molecule has 1 aromatic carbocycles. The number of carbonyl (C=O) groups excluding carboxylic acids is 1. The Hall–Kier alpha value is -1.62. The maximum Gasteiger partial charge on any atom is 0.407 e. The van der Waals surface area contributed by atoms with E-state index in [1.54, 1.807) is 0 Å². The molecule has 1 amide bonds. The lowest BCUT2D eigenvalue weighted by Crippen LogP contribution is -2.33. The summed E-state index contributed by atoms with van der Waals surface area (Å²) in [6.45, 7) is 1.50. The first-order chi connectivity index (χ1) is 8.75. The summed E-state index contributed by atoms with van der Waals surface area (Å²) in [5.41, 5.74) is 0.929. The summed E-state index contributed by atoms with van der Waals surface area (Å²) in [7, 11) is 0. The van der Waals surface area contributed by atoms with Crippen LogP contribution in [0, 0.1) is 5.92 Å². The predicted octanol–water partition coefficient (Wildman–Crippen LogP) is 1.47. The van der Waals surface area contributed by atoms with E-state index in [-0.39, 0.29) is 12.5 Å². The molecule has 5 heteroatoms. The third-order valence-corrected chi connectivity index (χ3v) is 2.98. The van der Waals surface area contributed by atoms with Gasteiger partial charge in [0, 0.05) is 25.6 Å². The zero-order chi connectivity index (χ0) is 12.8. The number of benzene rings is 1. The normalized spacial score (nSPS) is 22.7. The highest BCUT2D eigenvalue weighted by atomic mass is 19.1. The number of alkyl carbamates (subject to hydrolysis) is 1. The molecule has 1 fully saturated rings. The molecule has 0 saturated carbocycles. The lowest BCUT2D eigenvalue weighted by atomic mass is 10.1. The smallest absolute Gasteiger partial charge is 0.407 e. The lowest BCUT2D eigenvalue weighted by Gasteiger charge is -2.12. The van der Waals surface area contributed by atoms with Crippen LogP contribution in [-0.2, 0) is 11.3 Å². The van der Waals surface area contributed by atoms with E-state index in [1.165, 1.54) is 0 Å². The molecule has 4 nitrogen and oxygen atoms in total. The molecule has 0 aromatic heterocycles. The number of alkyl halides is 1. The first-order valence-corrected chi connectivity index (χ1v) is 6.05. The third-order valence-electron chi connectivity index (χ3n) is 2.98. The number of hydrogen-bond donors (Lipinski definition) is 2. The number of rotatable bonds is 4. The molecule has 0 spiro atoms. The average molecular weight is 252 g/mol. The molecule has 2 N–H and O–H groups in total. The van der Waals surface area contributed by atoms with E-state index in [1.807, 2.05) is 30.3 Å². The average Bonchev–Trinajstić information content (AvgIpc) is 2.81. The summed E-state index contributed by atoms with van der Waals surface area (Å²) in [6, 6.07) is 9.43. The van der Waals surface area contributed by atoms with Crippen molar-refractivity contribution in [3.05, 3.63) is 35.9 Å². The summed E-state index contributed by atoms with van der Waals surface area (Å²) in [5.74, 6) is -0.158. The van der Waals surface area contributed by atoms with Crippen LogP contribution in [0.25, 0.3) is 0 Å². The van der Waals surface area contributed by atoms with Gasteiger partial charge in [-0.3, -0.25) is 0 Å². The molecule has 98 valence electrons. The van der Waals surface area contributed by atoms with Crippen LogP contribution in [0.4, 0.5) is 9.18 Å². The summed E-state index contributed by atoms with van der Waals surface area (Å²) >= 11 is 0. The Morgan fingerprint density at radius 1 is 1.39 bits per heavy atom. The van der Waals surface area contributed by atoms with Crippen LogP contribution in [-0.4, -0.2) is 31.9 Å². The van der Waals surface area contributed by atoms with Gasteiger partial charge in [0.25, 0.3) is 0 Å². The lowest BCUT2D eigenvalue weighted by molar-refractivity contribution is 0.136. The van der Waals surface area contributed by atoms with Gasteiger partial charge in [-0.15, -0.1) is 0 Å². The molecule has 1 saturated heterocycles. The monoisotopic (exact) mass is 252 g/mol. The molecule has 1 heterocycles. The molecule has 0 bridgehead atoms. The van der Waals surface area contributed by atoms with Gasteiger partial charge in [-0.25, -0.2) is 9.18 Å². The molecule has 2 atom stereocenters. The molecule has 0 radical (unpaired) electrons. The maximum absolute atomic E-state index is 13.2. The quantitative estimate of drug-likeness (QED) is 0.853. The molecule has 2 rings (SSSR count).